The lowest BCUT2D eigenvalue weighted by molar-refractivity contribution is 0.124. The summed E-state index contributed by atoms with van der Waals surface area (Å²) in [7, 11) is 0. The van der Waals surface area contributed by atoms with Crippen LogP contribution in [0.2, 0.25) is 0 Å². The van der Waals surface area contributed by atoms with Crippen molar-refractivity contribution in [2.45, 2.75) is 51.5 Å². The van der Waals surface area contributed by atoms with Gasteiger partial charge in [-0.2, -0.15) is 0 Å². The van der Waals surface area contributed by atoms with Crippen LogP contribution >= 0.6 is 0 Å². The highest BCUT2D eigenvalue weighted by molar-refractivity contribution is 5.93. The summed E-state index contributed by atoms with van der Waals surface area (Å²) in [6.07, 6.45) is 9.60. The number of piperidine rings is 1. The molecular weight excluding hydrogens is 350 g/mol. The number of imidazole rings is 1. The smallest absolute Gasteiger partial charge is 0.299 e. The Hall–Kier alpha value is -2.60. The van der Waals surface area contributed by atoms with E-state index in [-0.39, 0.29) is 6.03 Å². The maximum atomic E-state index is 12.6. The fourth-order valence-electron chi connectivity index (χ4n) is 5.34. The molecule has 2 aliphatic rings. The van der Waals surface area contributed by atoms with E-state index in [4.69, 9.17) is 0 Å². The summed E-state index contributed by atoms with van der Waals surface area (Å²) in [5.41, 5.74) is 8.16. The lowest BCUT2D eigenvalue weighted by Gasteiger charge is -2.44. The van der Waals surface area contributed by atoms with Crippen LogP contribution < -0.4 is 5.43 Å². The fourth-order valence-corrected chi connectivity index (χ4v) is 5.34. The minimum Gasteiger partial charge on any atom is -0.299 e. The predicted molar refractivity (Wildman–Crippen MR) is 110 cm³/mol. The molecule has 3 heterocycles. The summed E-state index contributed by atoms with van der Waals surface area (Å²) >= 11 is 0. The van der Waals surface area contributed by atoms with Gasteiger partial charge in [0.2, 0.25) is 0 Å². The molecule has 5 rings (SSSR count). The number of aromatic nitrogens is 3. The van der Waals surface area contributed by atoms with E-state index in [1.807, 2.05) is 4.68 Å². The van der Waals surface area contributed by atoms with Crippen molar-refractivity contribution < 1.29 is 4.79 Å². The molecular formula is C22H27N5O. The lowest BCUT2D eigenvalue weighted by Crippen LogP contribution is -2.47. The van der Waals surface area contributed by atoms with Gasteiger partial charge in [-0.15, -0.1) is 0 Å². The predicted octanol–water partition coefficient (Wildman–Crippen LogP) is 3.87. The van der Waals surface area contributed by atoms with Crippen LogP contribution in [0.15, 0.2) is 36.9 Å². The maximum absolute atomic E-state index is 12.6. The molecule has 1 aliphatic heterocycles. The molecule has 2 aromatic heterocycles. The molecule has 1 fully saturated rings. The summed E-state index contributed by atoms with van der Waals surface area (Å²) in [4.78, 5) is 19.3. The topological polar surface area (TPSA) is 55.1 Å². The summed E-state index contributed by atoms with van der Waals surface area (Å²) < 4.78 is 3.44. The second kappa shape index (κ2) is 6.78. The molecule has 1 saturated heterocycles. The van der Waals surface area contributed by atoms with Crippen molar-refractivity contribution in [2.75, 3.05) is 18.5 Å². The zero-order valence-corrected chi connectivity index (χ0v) is 16.6. The Morgan fingerprint density at radius 1 is 1.36 bits per heavy atom. The molecule has 0 radical (unpaired) electrons. The van der Waals surface area contributed by atoms with E-state index < -0.39 is 0 Å². The van der Waals surface area contributed by atoms with E-state index in [2.05, 4.69) is 47.4 Å². The first kappa shape index (κ1) is 17.5. The van der Waals surface area contributed by atoms with Crippen LogP contribution in [0.25, 0.3) is 10.9 Å². The Labute approximate surface area is 165 Å². The highest BCUT2D eigenvalue weighted by Gasteiger charge is 2.38. The monoisotopic (exact) mass is 377 g/mol. The molecule has 1 amide bonds. The first-order valence-electron chi connectivity index (χ1n) is 10.3. The molecule has 6 nitrogen and oxygen atoms in total. The van der Waals surface area contributed by atoms with Gasteiger partial charge in [-0.3, -0.25) is 14.1 Å². The fraction of sp³-hybridized carbons (Fsp3) is 0.455. The summed E-state index contributed by atoms with van der Waals surface area (Å²) in [6.45, 7) is 6.77. The Bertz CT molecular complexity index is 1020. The van der Waals surface area contributed by atoms with Crippen LogP contribution in [0.5, 0.6) is 0 Å². The van der Waals surface area contributed by atoms with Crippen molar-refractivity contribution in [1.29, 1.82) is 0 Å². The second-order valence-corrected chi connectivity index (χ2v) is 8.08. The highest BCUT2D eigenvalue weighted by atomic mass is 16.2. The number of hydrogen-bond donors (Lipinski definition) is 1. The number of likely N-dealkylation sites (tertiary alicyclic amines) is 1. The minimum absolute atomic E-state index is 0.196. The van der Waals surface area contributed by atoms with Crippen LogP contribution in [-0.2, 0) is 6.42 Å². The SMILES string of the molecule is CCCN1CCC[C@@H]2c3cccc4c3c(c(C)n4NC(=O)n3ccnc3)C[C@H]21. The molecule has 0 spiro atoms. The van der Waals surface area contributed by atoms with Gasteiger partial charge >= 0.3 is 6.03 Å². The van der Waals surface area contributed by atoms with Gasteiger partial charge < -0.3 is 0 Å². The Morgan fingerprint density at radius 3 is 3.04 bits per heavy atom. The number of carbonyl (C=O) groups excluding carboxylic acids is 1. The van der Waals surface area contributed by atoms with E-state index in [1.54, 1.807) is 12.4 Å². The van der Waals surface area contributed by atoms with Crippen LogP contribution in [0.3, 0.4) is 0 Å². The Kier molecular flexibility index (Phi) is 4.23. The summed E-state index contributed by atoms with van der Waals surface area (Å²) in [6, 6.07) is 6.95. The number of amides is 1. The van der Waals surface area contributed by atoms with E-state index in [9.17, 15) is 4.79 Å². The third-order valence-corrected chi connectivity index (χ3v) is 6.55. The average Bonchev–Trinajstić information content (AvgIpc) is 3.33. The van der Waals surface area contributed by atoms with Crippen molar-refractivity contribution >= 4 is 16.9 Å². The molecule has 3 aromatic rings. The summed E-state index contributed by atoms with van der Waals surface area (Å²) in [5.74, 6) is 0.594. The molecule has 6 heteroatoms. The maximum Gasteiger partial charge on any atom is 0.345 e. The third-order valence-electron chi connectivity index (χ3n) is 6.55. The number of rotatable bonds is 3. The molecule has 146 valence electrons. The van der Waals surface area contributed by atoms with E-state index in [1.165, 1.54) is 59.8 Å². The van der Waals surface area contributed by atoms with Crippen molar-refractivity contribution in [2.24, 2.45) is 0 Å². The van der Waals surface area contributed by atoms with E-state index in [0.717, 1.165) is 17.6 Å². The van der Waals surface area contributed by atoms with Crippen LogP contribution in [0.1, 0.15) is 48.9 Å². The molecule has 0 saturated carbocycles. The normalized spacial score (nSPS) is 21.6. The highest BCUT2D eigenvalue weighted by Crippen LogP contribution is 2.45. The quantitative estimate of drug-likeness (QED) is 0.754. The van der Waals surface area contributed by atoms with Crippen LogP contribution in [-0.4, -0.2) is 44.3 Å². The zero-order valence-electron chi connectivity index (χ0n) is 16.6. The molecule has 1 N–H and O–H groups in total. The van der Waals surface area contributed by atoms with E-state index >= 15 is 0 Å². The van der Waals surface area contributed by atoms with Gasteiger partial charge in [0.25, 0.3) is 0 Å². The third kappa shape index (κ3) is 2.58. The van der Waals surface area contributed by atoms with Crippen molar-refractivity contribution in [1.82, 2.24) is 19.1 Å². The number of benzene rings is 1. The molecule has 1 aromatic carbocycles. The largest absolute Gasteiger partial charge is 0.345 e. The minimum atomic E-state index is -0.196. The standard InChI is InChI=1S/C22H27N5O/c1-3-10-25-11-5-7-16-17-6-4-8-19-21(17)18(13-20(16)25)15(2)27(19)24-22(28)26-12-9-23-14-26/h4,6,8-9,12,14,16,20H,3,5,7,10-11,13H2,1-2H3,(H,24,28)/t16-,20-/m1/s1. The van der Waals surface area contributed by atoms with Gasteiger partial charge in [0.1, 0.15) is 6.33 Å². The Morgan fingerprint density at radius 2 is 2.25 bits per heavy atom. The van der Waals surface area contributed by atoms with E-state index in [0.29, 0.717) is 12.0 Å². The van der Waals surface area contributed by atoms with Gasteiger partial charge in [0.15, 0.2) is 0 Å². The molecule has 2 atom stereocenters. The lowest BCUT2D eigenvalue weighted by atomic mass is 9.74. The molecule has 0 unspecified atom stereocenters. The molecule has 0 bridgehead atoms. The zero-order chi connectivity index (χ0) is 19.3. The van der Waals surface area contributed by atoms with Crippen molar-refractivity contribution in [3.05, 3.63) is 53.7 Å². The van der Waals surface area contributed by atoms with Gasteiger partial charge in [0.05, 0.1) is 5.52 Å². The van der Waals surface area contributed by atoms with Crippen LogP contribution in [0, 0.1) is 6.92 Å². The molecule has 28 heavy (non-hydrogen) atoms. The van der Waals surface area contributed by atoms with Crippen molar-refractivity contribution in [3.8, 4) is 0 Å². The Balaban J connectivity index is 1.59. The van der Waals surface area contributed by atoms with Gasteiger partial charge in [-0.25, -0.2) is 15.2 Å². The van der Waals surface area contributed by atoms with Gasteiger partial charge in [-0.1, -0.05) is 19.1 Å². The number of nitrogens with one attached hydrogen (secondary N) is 1. The first-order chi connectivity index (χ1) is 13.7. The van der Waals surface area contributed by atoms with Crippen LogP contribution in [0.4, 0.5) is 4.79 Å². The van der Waals surface area contributed by atoms with Crippen molar-refractivity contribution in [3.63, 3.8) is 0 Å². The number of fused-ring (bicyclic) bond motifs is 2. The van der Waals surface area contributed by atoms with Gasteiger partial charge in [-0.05, 0) is 62.9 Å². The second-order valence-electron chi connectivity index (χ2n) is 8.08. The molecule has 1 aliphatic carbocycles. The number of nitrogens with zero attached hydrogens (tertiary/aromatic N) is 4. The first-order valence-corrected chi connectivity index (χ1v) is 10.3. The summed E-state index contributed by atoms with van der Waals surface area (Å²) in [5, 5.41) is 1.35. The average molecular weight is 377 g/mol. The van der Waals surface area contributed by atoms with Gasteiger partial charge in [0, 0.05) is 35.4 Å². The number of hydrogen-bond acceptors (Lipinski definition) is 3. The number of carbonyl (C=O) groups is 1.